The van der Waals surface area contributed by atoms with E-state index in [1.54, 1.807) is 4.90 Å². The first kappa shape index (κ1) is 12.8. The Hall–Kier alpha value is -0.250. The van der Waals surface area contributed by atoms with E-state index in [0.717, 1.165) is 25.9 Å². The Bertz CT molecular complexity index is 235. The summed E-state index contributed by atoms with van der Waals surface area (Å²) in [5.74, 6) is 0. The van der Waals surface area contributed by atoms with Gasteiger partial charge in [0.1, 0.15) is 5.60 Å². The number of likely N-dealkylation sites (tertiary alicyclic amines) is 1. The number of rotatable bonds is 0. The minimum Gasteiger partial charge on any atom is -0.444 e. The van der Waals surface area contributed by atoms with Crippen LogP contribution in [0.5, 0.6) is 0 Å². The Kier molecular flexibility index (Phi) is 3.69. The van der Waals surface area contributed by atoms with Gasteiger partial charge < -0.3 is 9.64 Å². The van der Waals surface area contributed by atoms with Crippen LogP contribution in [0.3, 0.4) is 0 Å². The van der Waals surface area contributed by atoms with Gasteiger partial charge in [0.15, 0.2) is 0 Å². The van der Waals surface area contributed by atoms with Crippen molar-refractivity contribution in [3.05, 3.63) is 0 Å². The van der Waals surface area contributed by atoms with Crippen LogP contribution in [0.1, 0.15) is 40.5 Å². The maximum Gasteiger partial charge on any atom is 0.410 e. The number of carbonyl (C=O) groups excluding carboxylic acids is 1. The Morgan fingerprint density at radius 3 is 2.20 bits per heavy atom. The predicted octanol–water partition coefficient (Wildman–Crippen LogP) is 3.17. The Balaban J connectivity index is 2.44. The Morgan fingerprint density at radius 2 is 1.80 bits per heavy atom. The number of halogens is 1. The molecule has 1 rings (SSSR count). The summed E-state index contributed by atoms with van der Waals surface area (Å²) in [7, 11) is 0. The van der Waals surface area contributed by atoms with E-state index in [9.17, 15) is 4.79 Å². The van der Waals surface area contributed by atoms with Crippen LogP contribution >= 0.6 is 15.9 Å². The third kappa shape index (κ3) is 4.41. The maximum absolute atomic E-state index is 11.7. The number of carbonyl (C=O) groups is 1. The van der Waals surface area contributed by atoms with E-state index in [1.165, 1.54) is 0 Å². The highest BCUT2D eigenvalue weighted by Gasteiger charge is 2.31. The number of piperidine rings is 1. The van der Waals surface area contributed by atoms with Gasteiger partial charge in [0.2, 0.25) is 0 Å². The van der Waals surface area contributed by atoms with Crippen LogP contribution in [0.4, 0.5) is 4.79 Å². The van der Waals surface area contributed by atoms with Crippen molar-refractivity contribution in [2.75, 3.05) is 13.1 Å². The standard InChI is InChI=1S/C11H20BrNO2/c1-10(2,3)15-9(14)13-7-5-11(4,12)6-8-13/h5-8H2,1-4H3. The molecule has 0 aliphatic carbocycles. The monoisotopic (exact) mass is 277 g/mol. The van der Waals surface area contributed by atoms with Crippen molar-refractivity contribution in [3.63, 3.8) is 0 Å². The molecule has 0 spiro atoms. The first-order chi connectivity index (χ1) is 6.70. The molecule has 0 N–H and O–H groups in total. The lowest BCUT2D eigenvalue weighted by Crippen LogP contribution is -2.44. The second-order valence-corrected chi connectivity index (χ2v) is 7.30. The average Bonchev–Trinajstić information content (AvgIpc) is 2.00. The van der Waals surface area contributed by atoms with Gasteiger partial charge in [0.05, 0.1) is 0 Å². The molecule has 1 aliphatic heterocycles. The topological polar surface area (TPSA) is 29.5 Å². The summed E-state index contributed by atoms with van der Waals surface area (Å²) in [6.45, 7) is 9.39. The van der Waals surface area contributed by atoms with Crippen molar-refractivity contribution < 1.29 is 9.53 Å². The largest absolute Gasteiger partial charge is 0.444 e. The molecule has 0 aromatic carbocycles. The van der Waals surface area contributed by atoms with Crippen LogP contribution < -0.4 is 0 Å². The molecule has 0 radical (unpaired) electrons. The van der Waals surface area contributed by atoms with Gasteiger partial charge in [-0.25, -0.2) is 4.79 Å². The molecule has 1 heterocycles. The summed E-state index contributed by atoms with van der Waals surface area (Å²) < 4.78 is 5.50. The zero-order chi connectivity index (χ0) is 11.7. The predicted molar refractivity (Wildman–Crippen MR) is 64.4 cm³/mol. The number of amides is 1. The van der Waals surface area contributed by atoms with E-state index < -0.39 is 5.60 Å². The van der Waals surface area contributed by atoms with Crippen LogP contribution in [0.25, 0.3) is 0 Å². The Labute approximate surface area is 100 Å². The van der Waals surface area contributed by atoms with E-state index in [-0.39, 0.29) is 10.4 Å². The molecule has 0 unspecified atom stereocenters. The normalized spacial score (nSPS) is 21.3. The maximum atomic E-state index is 11.7. The lowest BCUT2D eigenvalue weighted by molar-refractivity contribution is 0.0203. The summed E-state index contributed by atoms with van der Waals surface area (Å²) in [4.78, 5) is 13.5. The van der Waals surface area contributed by atoms with Crippen molar-refractivity contribution in [2.24, 2.45) is 0 Å². The van der Waals surface area contributed by atoms with Gasteiger partial charge in [-0.05, 0) is 40.5 Å². The quantitative estimate of drug-likeness (QED) is 0.637. The molecule has 0 atom stereocenters. The third-order valence-corrected chi connectivity index (χ3v) is 3.25. The van der Waals surface area contributed by atoms with Crippen LogP contribution in [0.2, 0.25) is 0 Å². The molecule has 1 amide bonds. The minimum atomic E-state index is -0.397. The second-order valence-electron chi connectivity index (χ2n) is 5.38. The minimum absolute atomic E-state index is 0.186. The van der Waals surface area contributed by atoms with Gasteiger partial charge in [0.25, 0.3) is 0 Å². The van der Waals surface area contributed by atoms with Crippen LogP contribution in [-0.4, -0.2) is 34.0 Å². The van der Waals surface area contributed by atoms with E-state index in [0.29, 0.717) is 0 Å². The fourth-order valence-corrected chi connectivity index (χ4v) is 1.84. The van der Waals surface area contributed by atoms with Gasteiger partial charge in [-0.2, -0.15) is 0 Å². The summed E-state index contributed by atoms with van der Waals surface area (Å²) in [6, 6.07) is 0. The molecule has 0 bridgehead atoms. The van der Waals surface area contributed by atoms with Crippen molar-refractivity contribution in [1.82, 2.24) is 4.90 Å². The van der Waals surface area contributed by atoms with Crippen LogP contribution in [-0.2, 0) is 4.74 Å². The summed E-state index contributed by atoms with van der Waals surface area (Å²) in [5, 5.41) is 0. The van der Waals surface area contributed by atoms with Crippen LogP contribution in [0.15, 0.2) is 0 Å². The van der Waals surface area contributed by atoms with Crippen molar-refractivity contribution in [3.8, 4) is 0 Å². The van der Waals surface area contributed by atoms with Gasteiger partial charge in [0, 0.05) is 17.4 Å². The molecular weight excluding hydrogens is 258 g/mol. The highest BCUT2D eigenvalue weighted by atomic mass is 79.9. The fourth-order valence-electron chi connectivity index (χ4n) is 1.48. The first-order valence-corrected chi connectivity index (χ1v) is 6.16. The fraction of sp³-hybridized carbons (Fsp3) is 0.909. The molecule has 88 valence electrons. The smallest absolute Gasteiger partial charge is 0.410 e. The lowest BCUT2D eigenvalue weighted by Gasteiger charge is -2.36. The first-order valence-electron chi connectivity index (χ1n) is 5.36. The highest BCUT2D eigenvalue weighted by Crippen LogP contribution is 2.30. The summed E-state index contributed by atoms with van der Waals surface area (Å²) in [6.07, 6.45) is 1.77. The zero-order valence-electron chi connectivity index (χ0n) is 9.97. The van der Waals surface area contributed by atoms with Crippen molar-refractivity contribution >= 4 is 22.0 Å². The van der Waals surface area contributed by atoms with E-state index >= 15 is 0 Å². The molecular formula is C11H20BrNO2. The molecule has 3 nitrogen and oxygen atoms in total. The molecule has 4 heteroatoms. The van der Waals surface area contributed by atoms with Crippen molar-refractivity contribution in [2.45, 2.75) is 50.5 Å². The van der Waals surface area contributed by atoms with Gasteiger partial charge >= 0.3 is 6.09 Å². The molecule has 0 aromatic rings. The molecule has 1 aliphatic rings. The molecule has 15 heavy (non-hydrogen) atoms. The number of ether oxygens (including phenoxy) is 1. The highest BCUT2D eigenvalue weighted by molar-refractivity contribution is 9.10. The number of hydrogen-bond acceptors (Lipinski definition) is 2. The number of nitrogens with zero attached hydrogens (tertiary/aromatic N) is 1. The molecule has 0 saturated carbocycles. The Morgan fingerprint density at radius 1 is 1.33 bits per heavy atom. The lowest BCUT2D eigenvalue weighted by atomic mass is 9.99. The second kappa shape index (κ2) is 4.32. The summed E-state index contributed by atoms with van der Waals surface area (Å²) in [5.41, 5.74) is -0.397. The zero-order valence-corrected chi connectivity index (χ0v) is 11.6. The van der Waals surface area contributed by atoms with Gasteiger partial charge in [-0.3, -0.25) is 0 Å². The summed E-state index contributed by atoms with van der Waals surface area (Å²) >= 11 is 3.65. The molecule has 1 saturated heterocycles. The third-order valence-electron chi connectivity index (χ3n) is 2.46. The van der Waals surface area contributed by atoms with E-state index in [4.69, 9.17) is 4.74 Å². The number of hydrogen-bond donors (Lipinski definition) is 0. The van der Waals surface area contributed by atoms with Gasteiger partial charge in [-0.15, -0.1) is 0 Å². The molecule has 0 aromatic heterocycles. The van der Waals surface area contributed by atoms with Crippen molar-refractivity contribution in [1.29, 1.82) is 0 Å². The average molecular weight is 278 g/mol. The van der Waals surface area contributed by atoms with E-state index in [1.807, 2.05) is 20.8 Å². The molecule has 1 fully saturated rings. The number of alkyl halides is 1. The van der Waals surface area contributed by atoms with E-state index in [2.05, 4.69) is 22.9 Å². The SMILES string of the molecule is CC1(Br)CCN(C(=O)OC(C)(C)C)CC1. The van der Waals surface area contributed by atoms with Gasteiger partial charge in [-0.1, -0.05) is 15.9 Å². The van der Waals surface area contributed by atoms with Crippen LogP contribution in [0, 0.1) is 0 Å².